The van der Waals surface area contributed by atoms with Gasteiger partial charge in [0.15, 0.2) is 11.5 Å². The first kappa shape index (κ1) is 17.3. The van der Waals surface area contributed by atoms with Crippen LogP contribution in [0.3, 0.4) is 0 Å². The van der Waals surface area contributed by atoms with Crippen LogP contribution in [0.1, 0.15) is 15.9 Å². The number of hydrazone groups is 1. The lowest BCUT2D eigenvalue weighted by Crippen LogP contribution is -2.17. The van der Waals surface area contributed by atoms with Crippen molar-refractivity contribution in [1.82, 2.24) is 5.43 Å². The summed E-state index contributed by atoms with van der Waals surface area (Å²) in [5.41, 5.74) is 3.63. The minimum Gasteiger partial charge on any atom is -0.493 e. The lowest BCUT2D eigenvalue weighted by Gasteiger charge is -2.09. The molecule has 0 heterocycles. The molecule has 5 nitrogen and oxygen atoms in total. The molecule has 2 rings (SSSR count). The maximum atomic E-state index is 12.0. The van der Waals surface area contributed by atoms with Crippen LogP contribution in [0.4, 0.5) is 0 Å². The predicted molar refractivity (Wildman–Crippen MR) is 93.8 cm³/mol. The lowest BCUT2D eigenvalue weighted by molar-refractivity contribution is 0.0955. The van der Waals surface area contributed by atoms with Crippen LogP contribution in [-0.4, -0.2) is 26.3 Å². The number of carbonyl (C=O) groups is 1. The van der Waals surface area contributed by atoms with Gasteiger partial charge in [-0.05, 0) is 35.9 Å². The molecule has 7 heteroatoms. The Labute approximate surface area is 147 Å². The smallest absolute Gasteiger partial charge is 0.271 e. The predicted octanol–water partition coefficient (Wildman–Crippen LogP) is 3.88. The number of carbonyl (C=O) groups excluding carboxylic acids is 1. The van der Waals surface area contributed by atoms with Gasteiger partial charge >= 0.3 is 0 Å². The molecular weight excluding hydrogens is 384 g/mol. The normalized spacial score (nSPS) is 10.6. The van der Waals surface area contributed by atoms with E-state index in [1.165, 1.54) is 20.4 Å². The standard InChI is InChI=1S/C16H14BrClN2O3/c1-22-14-7-10(6-13(18)15(14)23-2)9-19-20-16(21)11-4-3-5-12(17)8-11/h3-9H,1-2H3,(H,20,21)/b19-9+. The molecule has 0 spiro atoms. The molecular formula is C16H14BrClN2O3. The Morgan fingerprint density at radius 3 is 2.70 bits per heavy atom. The molecule has 1 N–H and O–H groups in total. The number of methoxy groups -OCH3 is 2. The highest BCUT2D eigenvalue weighted by molar-refractivity contribution is 9.10. The average Bonchev–Trinajstić information content (AvgIpc) is 2.54. The maximum Gasteiger partial charge on any atom is 0.271 e. The topological polar surface area (TPSA) is 59.9 Å². The van der Waals surface area contributed by atoms with Gasteiger partial charge in [0, 0.05) is 10.0 Å². The fourth-order valence-electron chi connectivity index (χ4n) is 1.87. The van der Waals surface area contributed by atoms with Crippen LogP contribution in [0.5, 0.6) is 11.5 Å². The molecule has 1 amide bonds. The second kappa shape index (κ2) is 7.99. The molecule has 23 heavy (non-hydrogen) atoms. The monoisotopic (exact) mass is 396 g/mol. The number of rotatable bonds is 5. The summed E-state index contributed by atoms with van der Waals surface area (Å²) in [6.07, 6.45) is 1.48. The Hall–Kier alpha value is -2.05. The van der Waals surface area contributed by atoms with Gasteiger partial charge in [-0.1, -0.05) is 33.6 Å². The Balaban J connectivity index is 2.11. The van der Waals surface area contributed by atoms with Gasteiger partial charge in [0.2, 0.25) is 0 Å². The third kappa shape index (κ3) is 4.46. The third-order valence-electron chi connectivity index (χ3n) is 2.92. The molecule has 0 aromatic heterocycles. The van der Waals surface area contributed by atoms with E-state index in [2.05, 4.69) is 26.5 Å². The van der Waals surface area contributed by atoms with E-state index in [1.807, 2.05) is 6.07 Å². The summed E-state index contributed by atoms with van der Waals surface area (Å²) in [4.78, 5) is 12.0. The summed E-state index contributed by atoms with van der Waals surface area (Å²) < 4.78 is 11.2. The van der Waals surface area contributed by atoms with Crippen molar-refractivity contribution in [3.8, 4) is 11.5 Å². The zero-order chi connectivity index (χ0) is 16.8. The highest BCUT2D eigenvalue weighted by Crippen LogP contribution is 2.35. The van der Waals surface area contributed by atoms with E-state index >= 15 is 0 Å². The minimum absolute atomic E-state index is 0.311. The molecule has 0 saturated carbocycles. The van der Waals surface area contributed by atoms with E-state index in [1.54, 1.807) is 30.3 Å². The number of nitrogens with zero attached hydrogens (tertiary/aromatic N) is 1. The molecule has 120 valence electrons. The summed E-state index contributed by atoms with van der Waals surface area (Å²) in [5.74, 6) is 0.623. The lowest BCUT2D eigenvalue weighted by atomic mass is 10.2. The van der Waals surface area contributed by atoms with Crippen LogP contribution < -0.4 is 14.9 Å². The van der Waals surface area contributed by atoms with Gasteiger partial charge in [-0.25, -0.2) is 5.43 Å². The number of nitrogens with one attached hydrogen (secondary N) is 1. The number of hydrogen-bond acceptors (Lipinski definition) is 4. The van der Waals surface area contributed by atoms with E-state index < -0.39 is 0 Å². The fourth-order valence-corrected chi connectivity index (χ4v) is 2.57. The minimum atomic E-state index is -0.311. The van der Waals surface area contributed by atoms with Crippen LogP contribution in [-0.2, 0) is 0 Å². The molecule has 0 radical (unpaired) electrons. The highest BCUT2D eigenvalue weighted by atomic mass is 79.9. The van der Waals surface area contributed by atoms with Gasteiger partial charge in [0.05, 0.1) is 25.5 Å². The van der Waals surface area contributed by atoms with Crippen molar-refractivity contribution in [2.45, 2.75) is 0 Å². The van der Waals surface area contributed by atoms with Crippen molar-refractivity contribution in [3.05, 3.63) is 57.0 Å². The number of amides is 1. The molecule has 0 aliphatic rings. The van der Waals surface area contributed by atoms with Crippen LogP contribution >= 0.6 is 27.5 Å². The molecule has 2 aromatic carbocycles. The van der Waals surface area contributed by atoms with E-state index in [4.69, 9.17) is 21.1 Å². The number of benzene rings is 2. The van der Waals surface area contributed by atoms with Crippen molar-refractivity contribution >= 4 is 39.7 Å². The molecule has 0 aliphatic carbocycles. The van der Waals surface area contributed by atoms with Crippen molar-refractivity contribution in [1.29, 1.82) is 0 Å². The van der Waals surface area contributed by atoms with Gasteiger partial charge in [-0.15, -0.1) is 0 Å². The van der Waals surface area contributed by atoms with Crippen molar-refractivity contribution in [3.63, 3.8) is 0 Å². The van der Waals surface area contributed by atoms with Gasteiger partial charge in [-0.2, -0.15) is 5.10 Å². The Kier molecular flexibility index (Phi) is 6.01. The second-order valence-electron chi connectivity index (χ2n) is 4.45. The number of halogens is 2. The molecule has 2 aromatic rings. The summed E-state index contributed by atoms with van der Waals surface area (Å²) in [6.45, 7) is 0. The van der Waals surface area contributed by atoms with E-state index in [0.717, 1.165) is 4.47 Å². The number of hydrogen-bond donors (Lipinski definition) is 1. The summed E-state index contributed by atoms with van der Waals surface area (Å²) >= 11 is 9.42. The van der Waals surface area contributed by atoms with E-state index in [0.29, 0.717) is 27.6 Å². The summed E-state index contributed by atoms with van der Waals surface area (Å²) in [7, 11) is 3.03. The van der Waals surface area contributed by atoms with Gasteiger partial charge in [0.1, 0.15) is 0 Å². The summed E-state index contributed by atoms with van der Waals surface area (Å²) in [6, 6.07) is 10.4. The first-order chi connectivity index (χ1) is 11.0. The molecule has 0 fully saturated rings. The van der Waals surface area contributed by atoms with Crippen LogP contribution in [0.2, 0.25) is 5.02 Å². The van der Waals surface area contributed by atoms with E-state index in [9.17, 15) is 4.79 Å². The SMILES string of the molecule is COc1cc(/C=N/NC(=O)c2cccc(Br)c2)cc(Cl)c1OC. The number of ether oxygens (including phenoxy) is 2. The molecule has 0 saturated heterocycles. The second-order valence-corrected chi connectivity index (χ2v) is 5.77. The third-order valence-corrected chi connectivity index (χ3v) is 3.70. The highest BCUT2D eigenvalue weighted by Gasteiger charge is 2.10. The first-order valence-corrected chi connectivity index (χ1v) is 7.72. The zero-order valence-electron chi connectivity index (χ0n) is 12.5. The molecule has 0 atom stereocenters. The molecule has 0 unspecified atom stereocenters. The van der Waals surface area contributed by atoms with Gasteiger partial charge < -0.3 is 9.47 Å². The Morgan fingerprint density at radius 1 is 1.26 bits per heavy atom. The Bertz CT molecular complexity index is 750. The first-order valence-electron chi connectivity index (χ1n) is 6.55. The van der Waals surface area contributed by atoms with Crippen molar-refractivity contribution < 1.29 is 14.3 Å². The maximum absolute atomic E-state index is 12.0. The molecule has 0 aliphatic heterocycles. The summed E-state index contributed by atoms with van der Waals surface area (Å²) in [5, 5.41) is 4.32. The van der Waals surface area contributed by atoms with E-state index in [-0.39, 0.29) is 5.91 Å². The van der Waals surface area contributed by atoms with Crippen LogP contribution in [0.15, 0.2) is 46.0 Å². The van der Waals surface area contributed by atoms with Gasteiger partial charge in [0.25, 0.3) is 5.91 Å². The quantitative estimate of drug-likeness (QED) is 0.615. The largest absolute Gasteiger partial charge is 0.493 e. The van der Waals surface area contributed by atoms with Gasteiger partial charge in [-0.3, -0.25) is 4.79 Å². The van der Waals surface area contributed by atoms with Crippen molar-refractivity contribution in [2.75, 3.05) is 14.2 Å². The Morgan fingerprint density at radius 2 is 2.04 bits per heavy atom. The van der Waals surface area contributed by atoms with Crippen LogP contribution in [0.25, 0.3) is 0 Å². The molecule has 0 bridgehead atoms. The van der Waals surface area contributed by atoms with Crippen LogP contribution in [0, 0.1) is 0 Å². The van der Waals surface area contributed by atoms with Crippen molar-refractivity contribution in [2.24, 2.45) is 5.10 Å². The fraction of sp³-hybridized carbons (Fsp3) is 0.125. The zero-order valence-corrected chi connectivity index (χ0v) is 14.8. The average molecular weight is 398 g/mol.